The van der Waals surface area contributed by atoms with E-state index in [0.29, 0.717) is 23.7 Å². The molecule has 1 unspecified atom stereocenters. The molecule has 1 amide bonds. The van der Waals surface area contributed by atoms with Gasteiger partial charge in [-0.15, -0.1) is 0 Å². The molecule has 0 spiro atoms. The molecule has 1 aliphatic rings. The number of aryl methyl sites for hydroxylation is 1. The zero-order valence-electron chi connectivity index (χ0n) is 13.8. The van der Waals surface area contributed by atoms with E-state index in [1.54, 1.807) is 6.07 Å². The summed E-state index contributed by atoms with van der Waals surface area (Å²) in [5.74, 6) is 0.167. The molecule has 1 aliphatic heterocycles. The monoisotopic (exact) mass is 343 g/mol. The van der Waals surface area contributed by atoms with E-state index < -0.39 is 6.10 Å². The van der Waals surface area contributed by atoms with Gasteiger partial charge in [0.2, 0.25) is 0 Å². The number of hydrogen-bond acceptors (Lipinski definition) is 2. The number of likely N-dealkylation sites (tertiary alicyclic amines) is 1. The molecule has 1 heterocycles. The maximum Gasteiger partial charge on any atom is 0.255 e. The summed E-state index contributed by atoms with van der Waals surface area (Å²) in [7, 11) is 0. The maximum absolute atomic E-state index is 12.7. The SMILES string of the molecule is Cc1cccc(C(=O)N2CCC(C(O)c3ccccc3)CC2)c1Cl. The normalized spacial score (nSPS) is 16.9. The number of amides is 1. The third-order valence-corrected chi connectivity index (χ3v) is 5.34. The van der Waals surface area contributed by atoms with Crippen molar-refractivity contribution in [1.82, 2.24) is 4.90 Å². The summed E-state index contributed by atoms with van der Waals surface area (Å²) in [4.78, 5) is 14.5. The van der Waals surface area contributed by atoms with Gasteiger partial charge in [0, 0.05) is 13.1 Å². The number of carbonyl (C=O) groups excluding carboxylic acids is 1. The highest BCUT2D eigenvalue weighted by molar-refractivity contribution is 6.34. The number of hydrogen-bond donors (Lipinski definition) is 1. The van der Waals surface area contributed by atoms with Crippen molar-refractivity contribution in [2.45, 2.75) is 25.9 Å². The fourth-order valence-corrected chi connectivity index (χ4v) is 3.53. The van der Waals surface area contributed by atoms with Crippen LogP contribution in [0.15, 0.2) is 48.5 Å². The topological polar surface area (TPSA) is 40.5 Å². The Labute approximate surface area is 147 Å². The van der Waals surface area contributed by atoms with Gasteiger partial charge in [-0.2, -0.15) is 0 Å². The molecule has 0 radical (unpaired) electrons. The predicted molar refractivity (Wildman–Crippen MR) is 96.2 cm³/mol. The highest BCUT2D eigenvalue weighted by Crippen LogP contribution is 2.31. The lowest BCUT2D eigenvalue weighted by molar-refractivity contribution is 0.0462. The van der Waals surface area contributed by atoms with Gasteiger partial charge in [0.25, 0.3) is 5.91 Å². The second-order valence-corrected chi connectivity index (χ2v) is 6.80. The van der Waals surface area contributed by atoms with Crippen LogP contribution in [0.4, 0.5) is 0 Å². The number of halogens is 1. The molecule has 3 rings (SSSR count). The van der Waals surface area contributed by atoms with Crippen LogP contribution < -0.4 is 0 Å². The molecule has 1 atom stereocenters. The van der Waals surface area contributed by atoms with Gasteiger partial charge < -0.3 is 10.0 Å². The Morgan fingerprint density at radius 3 is 2.46 bits per heavy atom. The largest absolute Gasteiger partial charge is 0.388 e. The van der Waals surface area contributed by atoms with Gasteiger partial charge in [-0.1, -0.05) is 54.1 Å². The fourth-order valence-electron chi connectivity index (χ4n) is 3.32. The third-order valence-electron chi connectivity index (χ3n) is 4.84. The van der Waals surface area contributed by atoms with Gasteiger partial charge in [0.05, 0.1) is 16.7 Å². The molecule has 1 fully saturated rings. The van der Waals surface area contributed by atoms with Crippen LogP contribution in [0.2, 0.25) is 5.02 Å². The summed E-state index contributed by atoms with van der Waals surface area (Å²) < 4.78 is 0. The highest BCUT2D eigenvalue weighted by Gasteiger charge is 2.29. The van der Waals surface area contributed by atoms with Crippen molar-refractivity contribution in [3.05, 3.63) is 70.2 Å². The number of aliphatic hydroxyl groups excluding tert-OH is 1. The minimum absolute atomic E-state index is 0.0173. The van der Waals surface area contributed by atoms with E-state index >= 15 is 0 Å². The van der Waals surface area contributed by atoms with E-state index in [2.05, 4.69) is 0 Å². The maximum atomic E-state index is 12.7. The zero-order valence-corrected chi connectivity index (χ0v) is 14.5. The average molecular weight is 344 g/mol. The summed E-state index contributed by atoms with van der Waals surface area (Å²) in [6.07, 6.45) is 1.13. The molecular formula is C20H22ClNO2. The van der Waals surface area contributed by atoms with Gasteiger partial charge >= 0.3 is 0 Å². The van der Waals surface area contributed by atoms with Crippen molar-refractivity contribution in [2.24, 2.45) is 5.92 Å². The van der Waals surface area contributed by atoms with Crippen LogP contribution >= 0.6 is 11.6 Å². The van der Waals surface area contributed by atoms with Crippen molar-refractivity contribution >= 4 is 17.5 Å². The quantitative estimate of drug-likeness (QED) is 0.905. The molecular weight excluding hydrogens is 322 g/mol. The Morgan fingerprint density at radius 1 is 1.12 bits per heavy atom. The second-order valence-electron chi connectivity index (χ2n) is 6.42. The minimum atomic E-state index is -0.467. The standard InChI is InChI=1S/C20H22ClNO2/c1-14-6-5-9-17(18(14)21)20(24)22-12-10-16(11-13-22)19(23)15-7-3-2-4-8-15/h2-9,16,19,23H,10-13H2,1H3. The van der Waals surface area contributed by atoms with Crippen molar-refractivity contribution in [2.75, 3.05) is 13.1 Å². The Kier molecular flexibility index (Phi) is 5.22. The number of rotatable bonds is 3. The van der Waals surface area contributed by atoms with Gasteiger partial charge in [0.1, 0.15) is 0 Å². The zero-order chi connectivity index (χ0) is 17.1. The first-order chi connectivity index (χ1) is 11.6. The molecule has 1 N–H and O–H groups in total. The molecule has 4 heteroatoms. The first-order valence-electron chi connectivity index (χ1n) is 8.35. The molecule has 126 valence electrons. The Hall–Kier alpha value is -1.84. The van der Waals surface area contributed by atoms with E-state index in [1.165, 1.54) is 0 Å². The summed E-state index contributed by atoms with van der Waals surface area (Å²) in [6.45, 7) is 3.21. The lowest BCUT2D eigenvalue weighted by Gasteiger charge is -2.34. The van der Waals surface area contributed by atoms with Crippen LogP contribution in [0.25, 0.3) is 0 Å². The van der Waals surface area contributed by atoms with Crippen LogP contribution in [0, 0.1) is 12.8 Å². The van der Waals surface area contributed by atoms with E-state index in [9.17, 15) is 9.90 Å². The van der Waals surface area contributed by atoms with Gasteiger partial charge in [0.15, 0.2) is 0 Å². The number of piperidine rings is 1. The van der Waals surface area contributed by atoms with Crippen LogP contribution in [0.1, 0.15) is 40.4 Å². The molecule has 3 nitrogen and oxygen atoms in total. The molecule has 0 bridgehead atoms. The molecule has 0 aliphatic carbocycles. The molecule has 24 heavy (non-hydrogen) atoms. The highest BCUT2D eigenvalue weighted by atomic mass is 35.5. The molecule has 1 saturated heterocycles. The van der Waals surface area contributed by atoms with Crippen LogP contribution in [-0.2, 0) is 0 Å². The van der Waals surface area contributed by atoms with Crippen LogP contribution in [-0.4, -0.2) is 29.0 Å². The van der Waals surface area contributed by atoms with E-state index in [-0.39, 0.29) is 11.8 Å². The smallest absolute Gasteiger partial charge is 0.255 e. The van der Waals surface area contributed by atoms with E-state index in [1.807, 2.05) is 54.3 Å². The molecule has 0 aromatic heterocycles. The van der Waals surface area contributed by atoms with Gasteiger partial charge in [-0.25, -0.2) is 0 Å². The predicted octanol–water partition coefficient (Wildman–Crippen LogP) is 4.23. The fraction of sp³-hybridized carbons (Fsp3) is 0.350. The van der Waals surface area contributed by atoms with Crippen LogP contribution in [0.5, 0.6) is 0 Å². The number of aliphatic hydroxyl groups is 1. The average Bonchev–Trinajstić information content (AvgIpc) is 2.64. The summed E-state index contributed by atoms with van der Waals surface area (Å²) in [5, 5.41) is 11.1. The molecule has 0 saturated carbocycles. The Bertz CT molecular complexity index is 709. The van der Waals surface area contributed by atoms with E-state index in [0.717, 1.165) is 24.0 Å². The summed E-state index contributed by atoms with van der Waals surface area (Å²) >= 11 is 6.28. The van der Waals surface area contributed by atoms with Crippen molar-refractivity contribution in [3.63, 3.8) is 0 Å². The lowest BCUT2D eigenvalue weighted by Crippen LogP contribution is -2.39. The Balaban J connectivity index is 1.65. The summed E-state index contributed by atoms with van der Waals surface area (Å²) in [5.41, 5.74) is 2.43. The second kappa shape index (κ2) is 7.37. The van der Waals surface area contributed by atoms with Gasteiger partial charge in [-0.3, -0.25) is 4.79 Å². The van der Waals surface area contributed by atoms with Crippen molar-refractivity contribution < 1.29 is 9.90 Å². The van der Waals surface area contributed by atoms with Gasteiger partial charge in [-0.05, 0) is 42.9 Å². The molecule has 2 aromatic rings. The Morgan fingerprint density at radius 2 is 1.79 bits per heavy atom. The first-order valence-corrected chi connectivity index (χ1v) is 8.73. The summed E-state index contributed by atoms with van der Waals surface area (Å²) in [6, 6.07) is 15.3. The van der Waals surface area contributed by atoms with Crippen LogP contribution in [0.3, 0.4) is 0 Å². The number of benzene rings is 2. The van der Waals surface area contributed by atoms with Crippen molar-refractivity contribution in [1.29, 1.82) is 0 Å². The molecule has 2 aromatic carbocycles. The van der Waals surface area contributed by atoms with Crippen molar-refractivity contribution in [3.8, 4) is 0 Å². The lowest BCUT2D eigenvalue weighted by atomic mass is 9.87. The van der Waals surface area contributed by atoms with E-state index in [4.69, 9.17) is 11.6 Å². The third kappa shape index (κ3) is 3.47. The minimum Gasteiger partial charge on any atom is -0.388 e. The number of carbonyl (C=O) groups is 1. The number of nitrogens with zero attached hydrogens (tertiary/aromatic N) is 1. The first kappa shape index (κ1) is 17.0.